The average molecular weight is 328 g/mol. The molecule has 0 unspecified atom stereocenters. The zero-order valence-corrected chi connectivity index (χ0v) is 12.5. The highest BCUT2D eigenvalue weighted by molar-refractivity contribution is 5.74. The zero-order valence-electron chi connectivity index (χ0n) is 12.5. The molecule has 0 saturated heterocycles. The highest BCUT2D eigenvalue weighted by Gasteiger charge is 2.42. The topological polar surface area (TPSA) is 71.3 Å². The Labute approximate surface area is 130 Å². The maximum absolute atomic E-state index is 13.2. The standard InChI is InChI=1S/C14H15F3N4O2/c1-9-18-11(20-23-9)8-21(2)13(22)19-12(14(15,16)17)10-6-4-3-5-7-10/h3-7,12H,8H2,1-2H3,(H,19,22)/t12-/m0/s1. The van der Waals surface area contributed by atoms with Crippen molar-refractivity contribution in [1.82, 2.24) is 20.4 Å². The van der Waals surface area contributed by atoms with E-state index in [1.54, 1.807) is 13.0 Å². The molecule has 2 aromatic rings. The molecule has 124 valence electrons. The predicted octanol–water partition coefficient (Wildman–Crippen LogP) is 2.82. The fraction of sp³-hybridized carbons (Fsp3) is 0.357. The van der Waals surface area contributed by atoms with Crippen molar-refractivity contribution in [3.05, 3.63) is 47.6 Å². The van der Waals surface area contributed by atoms with Gasteiger partial charge in [0.1, 0.15) is 0 Å². The molecule has 1 N–H and O–H groups in total. The lowest BCUT2D eigenvalue weighted by Crippen LogP contribution is -2.44. The van der Waals surface area contributed by atoms with Crippen LogP contribution in [0.15, 0.2) is 34.9 Å². The van der Waals surface area contributed by atoms with Gasteiger partial charge in [0.2, 0.25) is 5.89 Å². The van der Waals surface area contributed by atoms with Crippen LogP contribution in [-0.2, 0) is 6.54 Å². The Kier molecular flexibility index (Phi) is 4.87. The Bertz CT molecular complexity index is 658. The van der Waals surface area contributed by atoms with Gasteiger partial charge in [-0.3, -0.25) is 0 Å². The van der Waals surface area contributed by atoms with Crippen molar-refractivity contribution in [3.63, 3.8) is 0 Å². The largest absolute Gasteiger partial charge is 0.412 e. The van der Waals surface area contributed by atoms with Gasteiger partial charge in [-0.15, -0.1) is 0 Å². The Morgan fingerprint density at radius 1 is 1.35 bits per heavy atom. The molecule has 1 heterocycles. The van der Waals surface area contributed by atoms with Gasteiger partial charge >= 0.3 is 12.2 Å². The molecule has 1 atom stereocenters. The molecule has 0 aliphatic rings. The third kappa shape index (κ3) is 4.44. The van der Waals surface area contributed by atoms with E-state index in [-0.39, 0.29) is 17.9 Å². The monoisotopic (exact) mass is 328 g/mol. The number of carbonyl (C=O) groups excluding carboxylic acids is 1. The first-order valence-electron chi connectivity index (χ1n) is 6.70. The summed E-state index contributed by atoms with van der Waals surface area (Å²) in [5, 5.41) is 5.57. The average Bonchev–Trinajstić information content (AvgIpc) is 2.89. The number of amides is 2. The quantitative estimate of drug-likeness (QED) is 0.937. The van der Waals surface area contributed by atoms with Crippen molar-refractivity contribution < 1.29 is 22.5 Å². The molecule has 9 heteroatoms. The van der Waals surface area contributed by atoms with Crippen molar-refractivity contribution in [2.75, 3.05) is 7.05 Å². The number of alkyl halides is 3. The van der Waals surface area contributed by atoms with Crippen LogP contribution in [0.4, 0.5) is 18.0 Å². The van der Waals surface area contributed by atoms with E-state index in [0.717, 1.165) is 4.90 Å². The van der Waals surface area contributed by atoms with Crippen molar-refractivity contribution in [3.8, 4) is 0 Å². The van der Waals surface area contributed by atoms with Crippen LogP contribution in [-0.4, -0.2) is 34.3 Å². The predicted molar refractivity (Wildman–Crippen MR) is 74.3 cm³/mol. The minimum absolute atomic E-state index is 0.0443. The van der Waals surface area contributed by atoms with Crippen LogP contribution >= 0.6 is 0 Å². The Morgan fingerprint density at radius 3 is 2.52 bits per heavy atom. The van der Waals surface area contributed by atoms with E-state index in [9.17, 15) is 18.0 Å². The zero-order chi connectivity index (χ0) is 17.0. The third-order valence-electron chi connectivity index (χ3n) is 3.02. The lowest BCUT2D eigenvalue weighted by Gasteiger charge is -2.25. The molecule has 23 heavy (non-hydrogen) atoms. The first-order valence-corrected chi connectivity index (χ1v) is 6.70. The van der Waals surface area contributed by atoms with Crippen LogP contribution in [0.25, 0.3) is 0 Å². The van der Waals surface area contributed by atoms with Gasteiger partial charge in [0.25, 0.3) is 0 Å². The van der Waals surface area contributed by atoms with Crippen LogP contribution in [0.3, 0.4) is 0 Å². The third-order valence-corrected chi connectivity index (χ3v) is 3.02. The molecule has 0 spiro atoms. The van der Waals surface area contributed by atoms with Crippen LogP contribution < -0.4 is 5.32 Å². The number of aryl methyl sites for hydroxylation is 1. The number of hydrogen-bond acceptors (Lipinski definition) is 4. The Morgan fingerprint density at radius 2 is 2.00 bits per heavy atom. The highest BCUT2D eigenvalue weighted by Crippen LogP contribution is 2.32. The van der Waals surface area contributed by atoms with E-state index in [2.05, 4.69) is 10.1 Å². The van der Waals surface area contributed by atoms with Crippen LogP contribution in [0.5, 0.6) is 0 Å². The van der Waals surface area contributed by atoms with E-state index in [1.165, 1.54) is 31.3 Å². The van der Waals surface area contributed by atoms with Crippen molar-refractivity contribution in [2.24, 2.45) is 0 Å². The molecule has 0 aliphatic carbocycles. The van der Waals surface area contributed by atoms with E-state index >= 15 is 0 Å². The van der Waals surface area contributed by atoms with Gasteiger partial charge < -0.3 is 14.7 Å². The number of urea groups is 1. The van der Waals surface area contributed by atoms with E-state index in [4.69, 9.17) is 4.52 Å². The lowest BCUT2D eigenvalue weighted by atomic mass is 10.1. The summed E-state index contributed by atoms with van der Waals surface area (Å²) < 4.78 is 44.3. The fourth-order valence-corrected chi connectivity index (χ4v) is 1.92. The SMILES string of the molecule is Cc1nc(CN(C)C(=O)N[C@@H](c2ccccc2)C(F)(F)F)no1. The number of nitrogens with one attached hydrogen (secondary N) is 1. The second-order valence-electron chi connectivity index (χ2n) is 4.92. The number of aromatic nitrogens is 2. The lowest BCUT2D eigenvalue weighted by molar-refractivity contribution is -0.155. The minimum atomic E-state index is -4.61. The number of carbonyl (C=O) groups is 1. The van der Waals surface area contributed by atoms with Crippen molar-refractivity contribution in [2.45, 2.75) is 25.7 Å². The Balaban J connectivity index is 2.08. The summed E-state index contributed by atoms with van der Waals surface area (Å²) in [6.45, 7) is 1.51. The summed E-state index contributed by atoms with van der Waals surface area (Å²) >= 11 is 0. The van der Waals surface area contributed by atoms with Crippen LogP contribution in [0.1, 0.15) is 23.3 Å². The van der Waals surface area contributed by atoms with E-state index in [0.29, 0.717) is 5.89 Å². The number of benzene rings is 1. The molecular formula is C14H15F3N4O2. The van der Waals surface area contributed by atoms with Gasteiger partial charge in [-0.25, -0.2) is 4.79 Å². The molecule has 0 fully saturated rings. The van der Waals surface area contributed by atoms with Crippen LogP contribution in [0, 0.1) is 6.92 Å². The molecule has 1 aromatic heterocycles. The second-order valence-corrected chi connectivity index (χ2v) is 4.92. The number of halogens is 3. The summed E-state index contributed by atoms with van der Waals surface area (Å²) in [6, 6.07) is 4.19. The van der Waals surface area contributed by atoms with Gasteiger partial charge in [-0.05, 0) is 5.56 Å². The maximum Gasteiger partial charge on any atom is 0.412 e. The summed E-state index contributed by atoms with van der Waals surface area (Å²) in [5.74, 6) is 0.523. The van der Waals surface area contributed by atoms with Gasteiger partial charge in [0.05, 0.1) is 6.54 Å². The van der Waals surface area contributed by atoms with E-state index in [1.807, 2.05) is 5.32 Å². The van der Waals surface area contributed by atoms with Gasteiger partial charge in [-0.2, -0.15) is 18.2 Å². The summed E-state index contributed by atoms with van der Waals surface area (Å²) in [7, 11) is 1.35. The normalized spacial score (nSPS) is 12.7. The van der Waals surface area contributed by atoms with Crippen LogP contribution in [0.2, 0.25) is 0 Å². The summed E-state index contributed by atoms with van der Waals surface area (Å²) in [5.41, 5.74) is -0.0443. The molecule has 0 aliphatic heterocycles. The maximum atomic E-state index is 13.2. The van der Waals surface area contributed by atoms with Gasteiger partial charge in [0.15, 0.2) is 11.9 Å². The molecular weight excluding hydrogens is 313 g/mol. The first kappa shape index (κ1) is 16.8. The molecule has 0 saturated carbocycles. The number of rotatable bonds is 4. The minimum Gasteiger partial charge on any atom is -0.340 e. The molecule has 0 bridgehead atoms. The van der Waals surface area contributed by atoms with Crippen molar-refractivity contribution >= 4 is 6.03 Å². The summed E-state index contributed by atoms with van der Waals surface area (Å²) in [4.78, 5) is 17.0. The Hall–Kier alpha value is -2.58. The highest BCUT2D eigenvalue weighted by atomic mass is 19.4. The molecule has 2 rings (SSSR count). The van der Waals surface area contributed by atoms with Gasteiger partial charge in [0, 0.05) is 14.0 Å². The van der Waals surface area contributed by atoms with Crippen molar-refractivity contribution in [1.29, 1.82) is 0 Å². The second kappa shape index (κ2) is 6.67. The fourth-order valence-electron chi connectivity index (χ4n) is 1.92. The number of nitrogens with zero attached hydrogens (tertiary/aromatic N) is 3. The molecule has 1 aromatic carbocycles. The molecule has 0 radical (unpaired) electrons. The smallest absolute Gasteiger partial charge is 0.340 e. The number of hydrogen-bond donors (Lipinski definition) is 1. The molecule has 2 amide bonds. The van der Waals surface area contributed by atoms with E-state index < -0.39 is 18.2 Å². The van der Waals surface area contributed by atoms with Gasteiger partial charge in [-0.1, -0.05) is 35.5 Å². The first-order chi connectivity index (χ1) is 10.8. The molecule has 6 nitrogen and oxygen atoms in total. The summed E-state index contributed by atoms with van der Waals surface area (Å²) in [6.07, 6.45) is -4.61.